The molecule has 0 spiro atoms. The highest BCUT2D eigenvalue weighted by molar-refractivity contribution is 5.98. The Kier molecular flexibility index (Phi) is 1.70. The molecule has 0 saturated heterocycles. The third-order valence-electron chi connectivity index (χ3n) is 1.37. The lowest BCUT2D eigenvalue weighted by molar-refractivity contribution is 0.279. The summed E-state index contributed by atoms with van der Waals surface area (Å²) in [6.45, 7) is 3.22. The summed E-state index contributed by atoms with van der Waals surface area (Å²) in [5.41, 5.74) is 0.429. The lowest BCUT2D eigenvalue weighted by atomic mass is 10.1. The van der Waals surface area contributed by atoms with Gasteiger partial charge in [-0.1, -0.05) is 0 Å². The van der Waals surface area contributed by atoms with E-state index in [2.05, 4.69) is 11.4 Å². The summed E-state index contributed by atoms with van der Waals surface area (Å²) in [5, 5.41) is 26.8. The van der Waals surface area contributed by atoms with E-state index >= 15 is 0 Å². The number of hydrogen-bond donors (Lipinski definition) is 3. The first kappa shape index (κ1) is 7.44. The predicted octanol–water partition coefficient (Wildman–Crippen LogP) is 0.368. The molecule has 58 valence electrons. The average molecular weight is 154 g/mol. The summed E-state index contributed by atoms with van der Waals surface area (Å²) in [5.74, 6) is -1.15. The SMILES string of the molecule is C=[N+]=C1C=C(O)C(O)=C(O)C1. The molecule has 1 aliphatic carbocycles. The highest BCUT2D eigenvalue weighted by Gasteiger charge is 2.22. The summed E-state index contributed by atoms with van der Waals surface area (Å²) < 4.78 is 3.51. The Hall–Kier alpha value is -1.67. The third kappa shape index (κ3) is 1.25. The second-order valence-electron chi connectivity index (χ2n) is 2.15. The number of allylic oxidation sites excluding steroid dienone is 2. The Bertz CT molecular complexity index is 295. The van der Waals surface area contributed by atoms with Gasteiger partial charge in [-0.2, -0.15) is 0 Å². The maximum Gasteiger partial charge on any atom is 0.314 e. The van der Waals surface area contributed by atoms with E-state index in [-0.39, 0.29) is 17.9 Å². The molecule has 0 aromatic rings. The van der Waals surface area contributed by atoms with Crippen LogP contribution in [0, 0.1) is 0 Å². The lowest BCUT2D eigenvalue weighted by Gasteiger charge is -2.04. The smallest absolute Gasteiger partial charge is 0.314 e. The van der Waals surface area contributed by atoms with E-state index in [0.29, 0.717) is 5.71 Å². The van der Waals surface area contributed by atoms with Crippen LogP contribution in [0.15, 0.2) is 23.4 Å². The zero-order chi connectivity index (χ0) is 8.43. The summed E-state index contributed by atoms with van der Waals surface area (Å²) in [6, 6.07) is 0. The van der Waals surface area contributed by atoms with Crippen molar-refractivity contribution in [2.24, 2.45) is 0 Å². The van der Waals surface area contributed by atoms with Gasteiger partial charge < -0.3 is 15.3 Å². The standard InChI is InChI=1S/C7H7NO3/c1-8-4-2-5(9)7(11)6(10)3-4/h2H,1,3H2,(H2,9,10,11)/p+1. The van der Waals surface area contributed by atoms with Crippen molar-refractivity contribution in [1.82, 2.24) is 4.67 Å². The van der Waals surface area contributed by atoms with E-state index in [0.717, 1.165) is 0 Å². The van der Waals surface area contributed by atoms with Crippen LogP contribution in [-0.4, -0.2) is 27.7 Å². The fourth-order valence-corrected chi connectivity index (χ4v) is 0.782. The van der Waals surface area contributed by atoms with Crippen molar-refractivity contribution in [3.05, 3.63) is 23.4 Å². The Morgan fingerprint density at radius 1 is 1.36 bits per heavy atom. The quantitative estimate of drug-likeness (QED) is 0.348. The van der Waals surface area contributed by atoms with Crippen molar-refractivity contribution in [3.8, 4) is 0 Å². The molecule has 4 heteroatoms. The first-order valence-electron chi connectivity index (χ1n) is 3.00. The van der Waals surface area contributed by atoms with Gasteiger partial charge in [0.25, 0.3) is 6.72 Å². The van der Waals surface area contributed by atoms with Gasteiger partial charge in [-0.05, 0) is 0 Å². The normalized spacial score (nSPS) is 17.8. The molecule has 4 nitrogen and oxygen atoms in total. The van der Waals surface area contributed by atoms with Gasteiger partial charge in [0, 0.05) is 0 Å². The van der Waals surface area contributed by atoms with Crippen LogP contribution in [0.25, 0.3) is 0 Å². The average Bonchev–Trinajstić information content (AvgIpc) is 1.99. The zero-order valence-corrected chi connectivity index (χ0v) is 5.78. The van der Waals surface area contributed by atoms with Crippen molar-refractivity contribution < 1.29 is 15.3 Å². The number of rotatable bonds is 0. The molecule has 0 atom stereocenters. The van der Waals surface area contributed by atoms with Crippen LogP contribution >= 0.6 is 0 Å². The highest BCUT2D eigenvalue weighted by atomic mass is 16.3. The molecule has 0 bridgehead atoms. The Balaban J connectivity index is 3.10. The van der Waals surface area contributed by atoms with Crippen LogP contribution in [0.1, 0.15) is 6.42 Å². The molecule has 0 radical (unpaired) electrons. The van der Waals surface area contributed by atoms with Crippen LogP contribution in [0.5, 0.6) is 0 Å². The Morgan fingerprint density at radius 2 is 2.00 bits per heavy atom. The minimum atomic E-state index is -0.489. The molecular formula is C7H8NO3+. The van der Waals surface area contributed by atoms with Gasteiger partial charge in [0.1, 0.15) is 12.2 Å². The third-order valence-corrected chi connectivity index (χ3v) is 1.37. The maximum atomic E-state index is 8.97. The molecule has 11 heavy (non-hydrogen) atoms. The van der Waals surface area contributed by atoms with Gasteiger partial charge >= 0.3 is 5.71 Å². The minimum absolute atomic E-state index is 0.111. The topological polar surface area (TPSA) is 74.8 Å². The van der Waals surface area contributed by atoms with Crippen LogP contribution in [0.4, 0.5) is 0 Å². The van der Waals surface area contributed by atoms with Crippen LogP contribution in [-0.2, 0) is 0 Å². The molecule has 0 heterocycles. The van der Waals surface area contributed by atoms with E-state index < -0.39 is 5.76 Å². The van der Waals surface area contributed by atoms with Crippen molar-refractivity contribution in [2.75, 3.05) is 0 Å². The van der Waals surface area contributed by atoms with Crippen molar-refractivity contribution in [2.45, 2.75) is 6.42 Å². The lowest BCUT2D eigenvalue weighted by Crippen LogP contribution is -2.10. The number of aliphatic hydroxyl groups excluding tert-OH is 3. The van der Waals surface area contributed by atoms with Crippen LogP contribution in [0.3, 0.4) is 0 Å². The van der Waals surface area contributed by atoms with Crippen molar-refractivity contribution in [1.29, 1.82) is 0 Å². The van der Waals surface area contributed by atoms with Crippen LogP contribution in [0.2, 0.25) is 0 Å². The number of aliphatic hydroxyl groups is 3. The molecule has 0 unspecified atom stereocenters. The van der Waals surface area contributed by atoms with Gasteiger partial charge in [-0.25, -0.2) is 0 Å². The molecule has 1 aliphatic rings. The summed E-state index contributed by atoms with van der Waals surface area (Å²) in [7, 11) is 0. The van der Waals surface area contributed by atoms with E-state index in [4.69, 9.17) is 15.3 Å². The fourth-order valence-electron chi connectivity index (χ4n) is 0.782. The molecular weight excluding hydrogens is 146 g/mol. The molecule has 3 N–H and O–H groups in total. The number of nitrogens with zero attached hydrogens (tertiary/aromatic N) is 1. The summed E-state index contributed by atoms with van der Waals surface area (Å²) in [4.78, 5) is 0. The van der Waals surface area contributed by atoms with E-state index in [1.165, 1.54) is 6.08 Å². The van der Waals surface area contributed by atoms with Gasteiger partial charge in [-0.15, -0.1) is 4.67 Å². The van der Waals surface area contributed by atoms with E-state index in [9.17, 15) is 0 Å². The molecule has 0 aromatic heterocycles. The predicted molar refractivity (Wildman–Crippen MR) is 41.9 cm³/mol. The number of hydrogen-bond acceptors (Lipinski definition) is 3. The van der Waals surface area contributed by atoms with Gasteiger partial charge in [0.15, 0.2) is 11.5 Å². The molecule has 0 aromatic carbocycles. The van der Waals surface area contributed by atoms with Gasteiger partial charge in [0.2, 0.25) is 0 Å². The Morgan fingerprint density at radius 3 is 2.45 bits per heavy atom. The van der Waals surface area contributed by atoms with Crippen molar-refractivity contribution in [3.63, 3.8) is 0 Å². The summed E-state index contributed by atoms with van der Waals surface area (Å²) in [6.07, 6.45) is 1.36. The van der Waals surface area contributed by atoms with Crippen LogP contribution < -0.4 is 4.67 Å². The monoisotopic (exact) mass is 154 g/mol. The first-order valence-corrected chi connectivity index (χ1v) is 3.00. The van der Waals surface area contributed by atoms with Gasteiger partial charge in [0.05, 0.1) is 6.08 Å². The van der Waals surface area contributed by atoms with Gasteiger partial charge in [-0.3, -0.25) is 0 Å². The first-order chi connectivity index (χ1) is 5.15. The second kappa shape index (κ2) is 2.52. The van der Waals surface area contributed by atoms with E-state index in [1.807, 2.05) is 0 Å². The zero-order valence-electron chi connectivity index (χ0n) is 5.78. The molecule has 1 rings (SSSR count). The molecule has 0 amide bonds. The fraction of sp³-hybridized carbons (Fsp3) is 0.143. The molecule has 0 saturated carbocycles. The molecule has 0 aliphatic heterocycles. The summed E-state index contributed by atoms with van der Waals surface area (Å²) >= 11 is 0. The van der Waals surface area contributed by atoms with Crippen molar-refractivity contribution >= 4 is 12.4 Å². The Labute approximate surface area is 63.2 Å². The highest BCUT2D eigenvalue weighted by Crippen LogP contribution is 2.16. The maximum absolute atomic E-state index is 8.97. The van der Waals surface area contributed by atoms with E-state index in [1.54, 1.807) is 0 Å². The minimum Gasteiger partial charge on any atom is -0.508 e. The largest absolute Gasteiger partial charge is 0.508 e. The molecule has 0 fully saturated rings. The second-order valence-corrected chi connectivity index (χ2v) is 2.15.